The summed E-state index contributed by atoms with van der Waals surface area (Å²) in [5, 5.41) is 3.02. The fraction of sp³-hybridized carbons (Fsp3) is 0.632. The Morgan fingerprint density at radius 1 is 1.20 bits per heavy atom. The normalized spacial score (nSPS) is 19.8. The number of hydrogen-bond acceptors (Lipinski definition) is 4. The molecule has 2 heterocycles. The van der Waals surface area contributed by atoms with E-state index in [1.807, 2.05) is 36.1 Å². The molecule has 3 rings (SSSR count). The summed E-state index contributed by atoms with van der Waals surface area (Å²) in [5.74, 6) is 1.40. The summed E-state index contributed by atoms with van der Waals surface area (Å²) in [6.07, 6.45) is 3.93. The van der Waals surface area contributed by atoms with E-state index in [0.29, 0.717) is 24.1 Å². The lowest BCUT2D eigenvalue weighted by atomic mass is 10.0. The lowest BCUT2D eigenvalue weighted by Crippen LogP contribution is -2.64. The average molecular weight is 347 g/mol. The van der Waals surface area contributed by atoms with E-state index >= 15 is 0 Å². The van der Waals surface area contributed by atoms with E-state index in [9.17, 15) is 4.79 Å². The first-order valence-electron chi connectivity index (χ1n) is 9.22. The first-order chi connectivity index (χ1) is 12.2. The van der Waals surface area contributed by atoms with Crippen molar-refractivity contribution in [2.24, 2.45) is 0 Å². The average Bonchev–Trinajstić information content (AvgIpc) is 2.60. The molecule has 2 fully saturated rings. The van der Waals surface area contributed by atoms with Gasteiger partial charge in [-0.05, 0) is 45.0 Å². The van der Waals surface area contributed by atoms with Crippen LogP contribution in [0.3, 0.4) is 0 Å². The number of benzene rings is 1. The molecule has 0 aliphatic carbocycles. The van der Waals surface area contributed by atoms with Crippen LogP contribution in [0.5, 0.6) is 11.5 Å². The first kappa shape index (κ1) is 17.9. The Hall–Kier alpha value is -1.95. The lowest BCUT2D eigenvalue weighted by Gasteiger charge is -2.46. The molecule has 2 amide bonds. The van der Waals surface area contributed by atoms with Crippen molar-refractivity contribution >= 4 is 6.03 Å². The Labute approximate surface area is 150 Å². The molecule has 0 saturated carbocycles. The van der Waals surface area contributed by atoms with Gasteiger partial charge >= 0.3 is 6.03 Å². The maximum absolute atomic E-state index is 12.3. The van der Waals surface area contributed by atoms with Crippen LogP contribution in [0.1, 0.15) is 26.2 Å². The predicted octanol–water partition coefficient (Wildman–Crippen LogP) is 2.34. The van der Waals surface area contributed by atoms with Gasteiger partial charge < -0.3 is 19.7 Å². The summed E-state index contributed by atoms with van der Waals surface area (Å²) < 4.78 is 11.0. The van der Waals surface area contributed by atoms with Crippen molar-refractivity contribution < 1.29 is 14.3 Å². The summed E-state index contributed by atoms with van der Waals surface area (Å²) in [4.78, 5) is 16.7. The third kappa shape index (κ3) is 4.57. The highest BCUT2D eigenvalue weighted by Crippen LogP contribution is 2.25. The molecule has 2 aliphatic rings. The van der Waals surface area contributed by atoms with E-state index in [4.69, 9.17) is 9.47 Å². The minimum Gasteiger partial charge on any atom is -0.493 e. The van der Waals surface area contributed by atoms with Crippen molar-refractivity contribution in [3.8, 4) is 11.5 Å². The minimum absolute atomic E-state index is 0.00406. The fourth-order valence-corrected chi connectivity index (χ4v) is 3.43. The van der Waals surface area contributed by atoms with Crippen LogP contribution >= 0.6 is 0 Å². The topological polar surface area (TPSA) is 54.0 Å². The van der Waals surface area contributed by atoms with Gasteiger partial charge in [0, 0.05) is 19.1 Å². The van der Waals surface area contributed by atoms with Crippen LogP contribution in [-0.4, -0.2) is 67.8 Å². The summed E-state index contributed by atoms with van der Waals surface area (Å²) in [5.41, 5.74) is 0. The summed E-state index contributed by atoms with van der Waals surface area (Å²) in [6, 6.07) is 8.02. The van der Waals surface area contributed by atoms with Crippen molar-refractivity contribution in [3.05, 3.63) is 24.3 Å². The molecule has 138 valence electrons. The van der Waals surface area contributed by atoms with Crippen LogP contribution in [0.4, 0.5) is 4.79 Å². The van der Waals surface area contributed by atoms with E-state index in [1.165, 1.54) is 32.4 Å². The maximum atomic E-state index is 12.3. The van der Waals surface area contributed by atoms with Crippen LogP contribution in [0.2, 0.25) is 0 Å². The van der Waals surface area contributed by atoms with Gasteiger partial charge in [-0.1, -0.05) is 18.6 Å². The number of nitrogens with zero attached hydrogens (tertiary/aromatic N) is 2. The van der Waals surface area contributed by atoms with Gasteiger partial charge in [-0.15, -0.1) is 0 Å². The first-order valence-corrected chi connectivity index (χ1v) is 9.22. The van der Waals surface area contributed by atoms with Gasteiger partial charge in [0.25, 0.3) is 0 Å². The molecule has 6 nitrogen and oxygen atoms in total. The van der Waals surface area contributed by atoms with Crippen molar-refractivity contribution in [3.63, 3.8) is 0 Å². The van der Waals surface area contributed by atoms with Gasteiger partial charge in [-0.3, -0.25) is 4.90 Å². The van der Waals surface area contributed by atoms with Crippen LogP contribution in [-0.2, 0) is 0 Å². The van der Waals surface area contributed by atoms with Gasteiger partial charge in [0.2, 0.25) is 0 Å². The number of carbonyl (C=O) groups excluding carboxylic acids is 1. The molecule has 1 atom stereocenters. The van der Waals surface area contributed by atoms with Crippen LogP contribution < -0.4 is 14.8 Å². The number of urea groups is 1. The van der Waals surface area contributed by atoms with Gasteiger partial charge in [0.1, 0.15) is 6.61 Å². The van der Waals surface area contributed by atoms with Gasteiger partial charge in [0.15, 0.2) is 11.5 Å². The molecular weight excluding hydrogens is 318 g/mol. The monoisotopic (exact) mass is 347 g/mol. The van der Waals surface area contributed by atoms with Crippen molar-refractivity contribution in [1.29, 1.82) is 0 Å². The number of amides is 2. The molecule has 0 bridgehead atoms. The molecule has 1 N–H and O–H groups in total. The van der Waals surface area contributed by atoms with Crippen LogP contribution in [0.25, 0.3) is 0 Å². The number of para-hydroxylation sites is 2. The summed E-state index contributed by atoms with van der Waals surface area (Å²) in [7, 11) is 1.62. The Kier molecular flexibility index (Phi) is 6.02. The molecule has 0 radical (unpaired) electrons. The lowest BCUT2D eigenvalue weighted by molar-refractivity contribution is 0.0438. The highest BCUT2D eigenvalue weighted by Gasteiger charge is 2.35. The standard InChI is InChI=1S/C19H29N3O3/c1-15(14-25-18-9-5-4-8-17(18)24-2)20-19(23)22-12-16(13-22)21-10-6-3-7-11-21/h4-5,8-9,15-16H,3,6-7,10-14H2,1-2H3,(H,20,23). The zero-order chi connectivity index (χ0) is 17.6. The van der Waals surface area contributed by atoms with E-state index in [2.05, 4.69) is 10.2 Å². The number of likely N-dealkylation sites (tertiary alicyclic amines) is 2. The van der Waals surface area contributed by atoms with Crippen molar-refractivity contribution in [2.45, 2.75) is 38.3 Å². The Morgan fingerprint density at radius 3 is 2.56 bits per heavy atom. The molecule has 1 aromatic carbocycles. The number of hydrogen-bond donors (Lipinski definition) is 1. The summed E-state index contributed by atoms with van der Waals surface area (Å²) >= 11 is 0. The molecule has 25 heavy (non-hydrogen) atoms. The fourth-order valence-electron chi connectivity index (χ4n) is 3.43. The Balaban J connectivity index is 1.38. The highest BCUT2D eigenvalue weighted by molar-refractivity contribution is 5.75. The van der Waals surface area contributed by atoms with Crippen molar-refractivity contribution in [2.75, 3.05) is 39.9 Å². The minimum atomic E-state index is -0.0635. The Morgan fingerprint density at radius 2 is 1.88 bits per heavy atom. The molecule has 6 heteroatoms. The van der Waals surface area contributed by atoms with Gasteiger partial charge in [-0.2, -0.15) is 0 Å². The van der Waals surface area contributed by atoms with E-state index in [-0.39, 0.29) is 12.1 Å². The molecule has 2 saturated heterocycles. The quantitative estimate of drug-likeness (QED) is 0.858. The summed E-state index contributed by atoms with van der Waals surface area (Å²) in [6.45, 7) is 6.41. The van der Waals surface area contributed by atoms with Crippen LogP contribution in [0.15, 0.2) is 24.3 Å². The molecule has 0 spiro atoms. The second-order valence-electron chi connectivity index (χ2n) is 6.97. The van der Waals surface area contributed by atoms with Gasteiger partial charge in [-0.25, -0.2) is 4.79 Å². The zero-order valence-corrected chi connectivity index (χ0v) is 15.2. The highest BCUT2D eigenvalue weighted by atomic mass is 16.5. The largest absolute Gasteiger partial charge is 0.493 e. The number of carbonyl (C=O) groups is 1. The number of piperidine rings is 1. The smallest absolute Gasteiger partial charge is 0.317 e. The number of rotatable bonds is 6. The SMILES string of the molecule is COc1ccccc1OCC(C)NC(=O)N1CC(N2CCCCC2)C1. The third-order valence-electron chi connectivity index (χ3n) is 4.98. The van der Waals surface area contributed by atoms with E-state index < -0.39 is 0 Å². The Bertz CT molecular complexity index is 569. The van der Waals surface area contributed by atoms with Crippen molar-refractivity contribution in [1.82, 2.24) is 15.1 Å². The van der Waals surface area contributed by atoms with E-state index in [0.717, 1.165) is 13.1 Å². The predicted molar refractivity (Wildman–Crippen MR) is 97.3 cm³/mol. The second kappa shape index (κ2) is 8.43. The van der Waals surface area contributed by atoms with Gasteiger partial charge in [0.05, 0.1) is 13.2 Å². The van der Waals surface area contributed by atoms with E-state index in [1.54, 1.807) is 7.11 Å². The number of nitrogens with one attached hydrogen (secondary N) is 1. The zero-order valence-electron chi connectivity index (χ0n) is 15.2. The number of ether oxygens (including phenoxy) is 2. The molecule has 1 aromatic rings. The maximum Gasteiger partial charge on any atom is 0.317 e. The third-order valence-corrected chi connectivity index (χ3v) is 4.98. The molecule has 1 unspecified atom stereocenters. The van der Waals surface area contributed by atoms with Crippen LogP contribution in [0, 0.1) is 0 Å². The second-order valence-corrected chi connectivity index (χ2v) is 6.97. The molecular formula is C19H29N3O3. The molecule has 2 aliphatic heterocycles. The number of methoxy groups -OCH3 is 1. The molecule has 0 aromatic heterocycles.